The number of nitrogens with one attached hydrogen (secondary N) is 2. The third kappa shape index (κ3) is 3.68. The number of amides is 2. The van der Waals surface area contributed by atoms with Crippen LogP contribution in [0.3, 0.4) is 0 Å². The zero-order valence-corrected chi connectivity index (χ0v) is 15.4. The van der Waals surface area contributed by atoms with Gasteiger partial charge in [0, 0.05) is 22.2 Å². The van der Waals surface area contributed by atoms with Crippen LogP contribution in [-0.2, 0) is 17.8 Å². The van der Waals surface area contributed by atoms with Gasteiger partial charge in [-0.25, -0.2) is 4.98 Å². The number of methoxy groups -OCH3 is 1. The average molecular weight is 379 g/mol. The normalized spacial score (nSPS) is 12.4. The van der Waals surface area contributed by atoms with Crippen molar-refractivity contribution in [2.24, 2.45) is 0 Å². The van der Waals surface area contributed by atoms with Crippen LogP contribution < -0.4 is 15.4 Å². The van der Waals surface area contributed by atoms with Crippen molar-refractivity contribution in [1.29, 1.82) is 0 Å². The zero-order chi connectivity index (χ0) is 18.8. The molecule has 4 rings (SSSR count). The molecule has 1 aliphatic heterocycles. The van der Waals surface area contributed by atoms with Gasteiger partial charge >= 0.3 is 0 Å². The number of fused-ring (bicyclic) bond motifs is 1. The van der Waals surface area contributed by atoms with Gasteiger partial charge in [0.1, 0.15) is 10.8 Å². The van der Waals surface area contributed by atoms with E-state index in [2.05, 4.69) is 15.6 Å². The maximum atomic E-state index is 12.3. The third-order valence-electron chi connectivity index (χ3n) is 4.31. The molecular formula is C20H17N3O3S. The number of ether oxygens (including phenoxy) is 1. The predicted octanol–water partition coefficient (Wildman–Crippen LogP) is 3.24. The van der Waals surface area contributed by atoms with Crippen molar-refractivity contribution in [3.63, 3.8) is 0 Å². The lowest BCUT2D eigenvalue weighted by Crippen LogP contribution is -2.22. The molecule has 0 unspecified atom stereocenters. The van der Waals surface area contributed by atoms with E-state index in [1.807, 2.05) is 23.6 Å². The maximum absolute atomic E-state index is 12.3. The number of nitrogens with zero attached hydrogens (tertiary/aromatic N) is 1. The highest BCUT2D eigenvalue weighted by Gasteiger charge is 2.18. The van der Waals surface area contributed by atoms with Gasteiger partial charge in [-0.3, -0.25) is 9.59 Å². The monoisotopic (exact) mass is 379 g/mol. The molecule has 2 aromatic carbocycles. The SMILES string of the molecule is COc1cccc(C(=O)NCc2nc(-c3ccc4c(c3)CC(=O)N4)cs2)c1. The van der Waals surface area contributed by atoms with E-state index in [-0.39, 0.29) is 11.8 Å². The highest BCUT2D eigenvalue weighted by atomic mass is 32.1. The van der Waals surface area contributed by atoms with Crippen LogP contribution in [0.2, 0.25) is 0 Å². The largest absolute Gasteiger partial charge is 0.497 e. The molecule has 0 saturated carbocycles. The number of anilines is 1. The Hall–Kier alpha value is -3.19. The van der Waals surface area contributed by atoms with Crippen LogP contribution in [-0.4, -0.2) is 23.9 Å². The van der Waals surface area contributed by atoms with Crippen LogP contribution in [0.25, 0.3) is 11.3 Å². The van der Waals surface area contributed by atoms with Gasteiger partial charge in [0.05, 0.1) is 25.8 Å². The van der Waals surface area contributed by atoms with E-state index in [4.69, 9.17) is 4.74 Å². The van der Waals surface area contributed by atoms with Gasteiger partial charge in [-0.1, -0.05) is 12.1 Å². The Bertz CT molecular complexity index is 1030. The molecule has 6 nitrogen and oxygen atoms in total. The Morgan fingerprint density at radius 2 is 2.19 bits per heavy atom. The third-order valence-corrected chi connectivity index (χ3v) is 5.16. The fraction of sp³-hybridized carbons (Fsp3) is 0.150. The second kappa shape index (κ2) is 7.20. The van der Waals surface area contributed by atoms with E-state index in [0.29, 0.717) is 24.3 Å². The van der Waals surface area contributed by atoms with Crippen LogP contribution in [0.15, 0.2) is 47.8 Å². The van der Waals surface area contributed by atoms with Crippen molar-refractivity contribution in [1.82, 2.24) is 10.3 Å². The van der Waals surface area contributed by atoms with Gasteiger partial charge in [0.2, 0.25) is 5.91 Å². The molecule has 0 radical (unpaired) electrons. The highest BCUT2D eigenvalue weighted by Crippen LogP contribution is 2.29. The Kier molecular flexibility index (Phi) is 4.60. The number of carbonyl (C=O) groups excluding carboxylic acids is 2. The van der Waals surface area contributed by atoms with Crippen LogP contribution in [0.1, 0.15) is 20.9 Å². The standard InChI is InChI=1S/C20H17N3O3S/c1-26-15-4-2-3-13(8-15)20(25)21-10-19-23-17(11-27-19)12-5-6-16-14(7-12)9-18(24)22-16/h2-8,11H,9-10H2,1H3,(H,21,25)(H,22,24). The summed E-state index contributed by atoms with van der Waals surface area (Å²) >= 11 is 1.49. The Morgan fingerprint density at radius 1 is 1.30 bits per heavy atom. The maximum Gasteiger partial charge on any atom is 0.251 e. The summed E-state index contributed by atoms with van der Waals surface area (Å²) in [5.74, 6) is 0.484. The number of thiazole rings is 1. The van der Waals surface area contributed by atoms with Gasteiger partial charge in [-0.2, -0.15) is 0 Å². The van der Waals surface area contributed by atoms with E-state index >= 15 is 0 Å². The van der Waals surface area contributed by atoms with Gasteiger partial charge in [0.15, 0.2) is 0 Å². The molecule has 0 saturated heterocycles. The van der Waals surface area contributed by atoms with Crippen LogP contribution in [0.4, 0.5) is 5.69 Å². The molecule has 7 heteroatoms. The number of benzene rings is 2. The Morgan fingerprint density at radius 3 is 3.04 bits per heavy atom. The van der Waals surface area contributed by atoms with Crippen molar-refractivity contribution in [2.75, 3.05) is 12.4 Å². The first-order chi connectivity index (χ1) is 13.1. The van der Waals surface area contributed by atoms with Crippen molar-refractivity contribution < 1.29 is 14.3 Å². The quantitative estimate of drug-likeness (QED) is 0.713. The molecule has 27 heavy (non-hydrogen) atoms. The molecule has 0 atom stereocenters. The van der Waals surface area contributed by atoms with E-state index < -0.39 is 0 Å². The number of rotatable bonds is 5. The molecular weight excluding hydrogens is 362 g/mol. The minimum absolute atomic E-state index is 0.0152. The average Bonchev–Trinajstić information content (AvgIpc) is 3.31. The second-order valence-electron chi connectivity index (χ2n) is 6.14. The Balaban J connectivity index is 1.43. The summed E-state index contributed by atoms with van der Waals surface area (Å²) in [5, 5.41) is 8.48. The van der Waals surface area contributed by atoms with Gasteiger partial charge in [0.25, 0.3) is 5.91 Å². The van der Waals surface area contributed by atoms with Crippen LogP contribution >= 0.6 is 11.3 Å². The first kappa shape index (κ1) is 17.2. The summed E-state index contributed by atoms with van der Waals surface area (Å²) < 4.78 is 5.14. The molecule has 0 bridgehead atoms. The van der Waals surface area contributed by atoms with Gasteiger partial charge in [-0.05, 0) is 35.9 Å². The summed E-state index contributed by atoms with van der Waals surface area (Å²) in [6, 6.07) is 12.8. The summed E-state index contributed by atoms with van der Waals surface area (Å²) in [4.78, 5) is 28.4. The minimum atomic E-state index is -0.173. The molecule has 2 amide bonds. The van der Waals surface area contributed by atoms with Crippen molar-refractivity contribution >= 4 is 28.8 Å². The Labute approximate surface area is 160 Å². The van der Waals surface area contributed by atoms with Gasteiger partial charge < -0.3 is 15.4 Å². The predicted molar refractivity (Wildman–Crippen MR) is 104 cm³/mol. The lowest BCUT2D eigenvalue weighted by Gasteiger charge is -2.05. The molecule has 0 spiro atoms. The molecule has 2 heterocycles. The zero-order valence-electron chi connectivity index (χ0n) is 14.6. The summed E-state index contributed by atoms with van der Waals surface area (Å²) in [6.45, 7) is 0.353. The first-order valence-corrected chi connectivity index (χ1v) is 9.30. The van der Waals surface area contributed by atoms with Crippen LogP contribution in [0.5, 0.6) is 5.75 Å². The van der Waals surface area contributed by atoms with Crippen molar-refractivity contribution in [3.05, 3.63) is 64.0 Å². The van der Waals surface area contributed by atoms with E-state index in [9.17, 15) is 9.59 Å². The number of hydrogen-bond acceptors (Lipinski definition) is 5. The molecule has 0 fully saturated rings. The number of carbonyl (C=O) groups is 2. The fourth-order valence-electron chi connectivity index (χ4n) is 2.94. The summed E-state index contributed by atoms with van der Waals surface area (Å²) in [7, 11) is 1.57. The molecule has 0 aliphatic carbocycles. The summed E-state index contributed by atoms with van der Waals surface area (Å²) in [6.07, 6.45) is 0.400. The van der Waals surface area contributed by atoms with E-state index in [1.165, 1.54) is 11.3 Å². The minimum Gasteiger partial charge on any atom is -0.497 e. The van der Waals surface area contributed by atoms with E-state index in [1.54, 1.807) is 31.4 Å². The van der Waals surface area contributed by atoms with Gasteiger partial charge in [-0.15, -0.1) is 11.3 Å². The van der Waals surface area contributed by atoms with Crippen LogP contribution in [0, 0.1) is 0 Å². The number of hydrogen-bond donors (Lipinski definition) is 2. The number of aromatic nitrogens is 1. The molecule has 1 aromatic heterocycles. The second-order valence-corrected chi connectivity index (χ2v) is 7.08. The lowest BCUT2D eigenvalue weighted by molar-refractivity contribution is -0.115. The molecule has 1 aliphatic rings. The lowest BCUT2D eigenvalue weighted by atomic mass is 10.1. The molecule has 3 aromatic rings. The van der Waals surface area contributed by atoms with E-state index in [0.717, 1.165) is 27.5 Å². The highest BCUT2D eigenvalue weighted by molar-refractivity contribution is 7.09. The fourth-order valence-corrected chi connectivity index (χ4v) is 3.68. The van der Waals surface area contributed by atoms with Crippen molar-refractivity contribution in [3.8, 4) is 17.0 Å². The molecule has 2 N–H and O–H groups in total. The summed E-state index contributed by atoms with van der Waals surface area (Å²) in [5.41, 5.74) is 4.20. The molecule has 136 valence electrons. The van der Waals surface area contributed by atoms with Crippen molar-refractivity contribution in [2.45, 2.75) is 13.0 Å². The first-order valence-electron chi connectivity index (χ1n) is 8.42. The smallest absolute Gasteiger partial charge is 0.251 e. The topological polar surface area (TPSA) is 80.3 Å².